The SMILES string of the molecule is N#CCc1c(C(F)F)ncc(I)c1Br. The van der Waals surface area contributed by atoms with Gasteiger partial charge in [-0.1, -0.05) is 0 Å². The van der Waals surface area contributed by atoms with E-state index < -0.39 is 6.43 Å². The fraction of sp³-hybridized carbons (Fsp3) is 0.250. The molecule has 0 amide bonds. The molecule has 0 radical (unpaired) electrons. The lowest BCUT2D eigenvalue weighted by molar-refractivity contribution is 0.145. The van der Waals surface area contributed by atoms with Gasteiger partial charge in [-0.2, -0.15) is 5.26 Å². The van der Waals surface area contributed by atoms with Gasteiger partial charge in [-0.3, -0.25) is 4.98 Å². The van der Waals surface area contributed by atoms with E-state index >= 15 is 0 Å². The molecule has 0 atom stereocenters. The third-order valence-electron chi connectivity index (χ3n) is 1.56. The molecular formula is C8H4BrF2IN2. The first-order valence-corrected chi connectivity index (χ1v) is 5.43. The average Bonchev–Trinajstić information content (AvgIpc) is 2.13. The minimum absolute atomic E-state index is 0.0654. The highest BCUT2D eigenvalue weighted by Gasteiger charge is 2.18. The molecule has 0 saturated carbocycles. The summed E-state index contributed by atoms with van der Waals surface area (Å²) in [6.07, 6.45) is -1.36. The highest BCUT2D eigenvalue weighted by molar-refractivity contribution is 14.1. The third kappa shape index (κ3) is 2.39. The summed E-state index contributed by atoms with van der Waals surface area (Å²) in [6, 6.07) is 1.84. The van der Waals surface area contributed by atoms with Gasteiger partial charge < -0.3 is 0 Å². The second-order valence-electron chi connectivity index (χ2n) is 2.42. The maximum atomic E-state index is 12.5. The van der Waals surface area contributed by atoms with Gasteiger partial charge in [0.05, 0.1) is 12.5 Å². The van der Waals surface area contributed by atoms with E-state index in [1.54, 1.807) is 0 Å². The van der Waals surface area contributed by atoms with Gasteiger partial charge in [0.2, 0.25) is 0 Å². The molecule has 2 nitrogen and oxygen atoms in total. The molecule has 1 aromatic heterocycles. The molecule has 0 N–H and O–H groups in total. The Bertz CT molecular complexity index is 390. The van der Waals surface area contributed by atoms with Crippen molar-refractivity contribution in [3.8, 4) is 6.07 Å². The van der Waals surface area contributed by atoms with Crippen molar-refractivity contribution in [3.05, 3.63) is 25.5 Å². The van der Waals surface area contributed by atoms with Crippen LogP contribution in [0.2, 0.25) is 0 Å². The van der Waals surface area contributed by atoms with Crippen LogP contribution in [0.25, 0.3) is 0 Å². The lowest BCUT2D eigenvalue weighted by Gasteiger charge is -2.08. The number of pyridine rings is 1. The number of hydrogen-bond donors (Lipinski definition) is 0. The Morgan fingerprint density at radius 2 is 2.29 bits per heavy atom. The van der Waals surface area contributed by atoms with Crippen molar-refractivity contribution < 1.29 is 8.78 Å². The fourth-order valence-electron chi connectivity index (χ4n) is 0.953. The highest BCUT2D eigenvalue weighted by atomic mass is 127. The number of aromatic nitrogens is 1. The molecule has 0 bridgehead atoms. The van der Waals surface area contributed by atoms with Crippen LogP contribution in [0.3, 0.4) is 0 Å². The van der Waals surface area contributed by atoms with E-state index in [1.165, 1.54) is 6.20 Å². The number of halogens is 4. The molecule has 0 spiro atoms. The lowest BCUT2D eigenvalue weighted by Crippen LogP contribution is -2.00. The minimum Gasteiger partial charge on any atom is -0.254 e. The van der Waals surface area contributed by atoms with Crippen molar-refractivity contribution >= 4 is 38.5 Å². The third-order valence-corrected chi connectivity index (χ3v) is 4.03. The zero-order valence-electron chi connectivity index (χ0n) is 6.77. The van der Waals surface area contributed by atoms with Crippen molar-refractivity contribution in [2.24, 2.45) is 0 Å². The number of nitrogens with zero attached hydrogens (tertiary/aromatic N) is 2. The second kappa shape index (κ2) is 4.98. The first-order valence-electron chi connectivity index (χ1n) is 3.55. The Labute approximate surface area is 102 Å². The first kappa shape index (κ1) is 11.8. The molecule has 0 aromatic carbocycles. The summed E-state index contributed by atoms with van der Waals surface area (Å²) in [5.74, 6) is 0. The van der Waals surface area contributed by atoms with Crippen molar-refractivity contribution in [1.82, 2.24) is 4.98 Å². The van der Waals surface area contributed by atoms with Crippen molar-refractivity contribution in [1.29, 1.82) is 5.26 Å². The number of hydrogen-bond acceptors (Lipinski definition) is 2. The highest BCUT2D eigenvalue weighted by Crippen LogP contribution is 2.30. The van der Waals surface area contributed by atoms with Gasteiger partial charge in [-0.05, 0) is 38.5 Å². The summed E-state index contributed by atoms with van der Waals surface area (Å²) in [4.78, 5) is 3.62. The predicted molar refractivity (Wildman–Crippen MR) is 58.9 cm³/mol. The van der Waals surface area contributed by atoms with Gasteiger partial charge >= 0.3 is 0 Å². The zero-order valence-corrected chi connectivity index (χ0v) is 10.5. The lowest BCUT2D eigenvalue weighted by atomic mass is 10.1. The van der Waals surface area contributed by atoms with Crippen molar-refractivity contribution in [2.45, 2.75) is 12.8 Å². The monoisotopic (exact) mass is 372 g/mol. The summed E-state index contributed by atoms with van der Waals surface area (Å²) < 4.78 is 26.2. The Kier molecular flexibility index (Phi) is 4.19. The van der Waals surface area contributed by atoms with Crippen LogP contribution >= 0.6 is 38.5 Å². The minimum atomic E-state index is -2.65. The number of rotatable bonds is 2. The number of alkyl halides is 2. The van der Waals surface area contributed by atoms with Crippen LogP contribution in [-0.2, 0) is 6.42 Å². The Morgan fingerprint density at radius 1 is 1.64 bits per heavy atom. The normalized spacial score (nSPS) is 10.3. The molecule has 0 aliphatic carbocycles. The van der Waals surface area contributed by atoms with E-state index in [1.807, 2.05) is 28.7 Å². The van der Waals surface area contributed by atoms with Gasteiger partial charge in [0.15, 0.2) is 0 Å². The molecule has 74 valence electrons. The smallest absolute Gasteiger partial charge is 0.254 e. The van der Waals surface area contributed by atoms with E-state index in [9.17, 15) is 8.78 Å². The second-order valence-corrected chi connectivity index (χ2v) is 4.37. The largest absolute Gasteiger partial charge is 0.280 e. The Balaban J connectivity index is 3.31. The van der Waals surface area contributed by atoms with Crippen LogP contribution in [0.1, 0.15) is 17.7 Å². The summed E-state index contributed by atoms with van der Waals surface area (Å²) in [6.45, 7) is 0. The number of nitriles is 1. The van der Waals surface area contributed by atoms with E-state index in [-0.39, 0.29) is 17.7 Å². The van der Waals surface area contributed by atoms with Crippen LogP contribution in [0, 0.1) is 14.9 Å². The van der Waals surface area contributed by atoms with E-state index in [0.29, 0.717) is 4.47 Å². The summed E-state index contributed by atoms with van der Waals surface area (Å²) >= 11 is 5.13. The fourth-order valence-corrected chi connectivity index (χ4v) is 1.86. The zero-order chi connectivity index (χ0) is 10.7. The van der Waals surface area contributed by atoms with Crippen molar-refractivity contribution in [3.63, 3.8) is 0 Å². The van der Waals surface area contributed by atoms with E-state index in [0.717, 1.165) is 3.57 Å². The maximum absolute atomic E-state index is 12.5. The maximum Gasteiger partial charge on any atom is 0.280 e. The Hall–Kier alpha value is -0.290. The summed E-state index contributed by atoms with van der Waals surface area (Å²) in [7, 11) is 0. The van der Waals surface area contributed by atoms with Gasteiger partial charge in [-0.15, -0.1) is 0 Å². The molecular weight excluding hydrogens is 369 g/mol. The summed E-state index contributed by atoms with van der Waals surface area (Å²) in [5, 5.41) is 8.50. The molecule has 0 aliphatic heterocycles. The molecule has 1 heterocycles. The molecule has 0 unspecified atom stereocenters. The molecule has 0 aliphatic rings. The molecule has 14 heavy (non-hydrogen) atoms. The molecule has 1 rings (SSSR count). The van der Waals surface area contributed by atoms with Gasteiger partial charge in [-0.25, -0.2) is 8.78 Å². The topological polar surface area (TPSA) is 36.7 Å². The van der Waals surface area contributed by atoms with Crippen LogP contribution in [-0.4, -0.2) is 4.98 Å². The van der Waals surface area contributed by atoms with Crippen LogP contribution in [0.15, 0.2) is 10.7 Å². The van der Waals surface area contributed by atoms with Crippen LogP contribution in [0.5, 0.6) is 0 Å². The van der Waals surface area contributed by atoms with Gasteiger partial charge in [0.25, 0.3) is 6.43 Å². The standard InChI is InChI=1S/C8H4BrF2IN2/c9-6-4(1-2-13)7(8(10)11)14-3-5(6)12/h3,8H,1H2. The van der Waals surface area contributed by atoms with Crippen LogP contribution < -0.4 is 0 Å². The van der Waals surface area contributed by atoms with E-state index in [2.05, 4.69) is 20.9 Å². The Morgan fingerprint density at radius 3 is 2.79 bits per heavy atom. The quantitative estimate of drug-likeness (QED) is 0.745. The molecule has 1 aromatic rings. The average molecular weight is 373 g/mol. The molecule has 0 saturated heterocycles. The molecule has 0 fully saturated rings. The van der Waals surface area contributed by atoms with Gasteiger partial charge in [0, 0.05) is 19.8 Å². The van der Waals surface area contributed by atoms with Gasteiger partial charge in [0.1, 0.15) is 5.69 Å². The first-order chi connectivity index (χ1) is 6.57. The van der Waals surface area contributed by atoms with Crippen LogP contribution in [0.4, 0.5) is 8.78 Å². The predicted octanol–water partition coefficient (Wildman–Crippen LogP) is 3.45. The summed E-state index contributed by atoms with van der Waals surface area (Å²) in [5.41, 5.74) is -0.0479. The van der Waals surface area contributed by atoms with E-state index in [4.69, 9.17) is 5.26 Å². The molecule has 6 heteroatoms. The van der Waals surface area contributed by atoms with Crippen molar-refractivity contribution in [2.75, 3.05) is 0 Å².